The van der Waals surface area contributed by atoms with Crippen molar-refractivity contribution in [2.75, 3.05) is 9.80 Å². The monoisotopic (exact) mass is 1480 g/mol. The van der Waals surface area contributed by atoms with Gasteiger partial charge in [-0.1, -0.05) is 230 Å². The fourth-order valence-corrected chi connectivity index (χ4v) is 21.4. The van der Waals surface area contributed by atoms with Crippen molar-refractivity contribution in [3.8, 4) is 43.8 Å². The maximum Gasteiger partial charge on any atom is 0.197 e. The van der Waals surface area contributed by atoms with Crippen molar-refractivity contribution < 1.29 is 19.2 Å². The van der Waals surface area contributed by atoms with Crippen molar-refractivity contribution in [3.63, 3.8) is 0 Å². The molecule has 15 aromatic carbocycles. The van der Waals surface area contributed by atoms with E-state index in [-0.39, 0.29) is 34.3 Å². The summed E-state index contributed by atoms with van der Waals surface area (Å²) >= 11 is 1.74. The summed E-state index contributed by atoms with van der Waals surface area (Å²) in [6, 6.07) is 107. The summed E-state index contributed by atoms with van der Waals surface area (Å²) in [5, 5.41) is 5.83. The van der Waals surface area contributed by atoms with Crippen LogP contribution in [0.1, 0.15) is 142 Å². The molecule has 114 heavy (non-hydrogen) atoms. The first-order valence-corrected chi connectivity index (χ1v) is 40.1. The molecule has 7 heteroatoms. The van der Waals surface area contributed by atoms with Crippen LogP contribution >= 0.6 is 11.3 Å². The lowest BCUT2D eigenvalue weighted by atomic mass is 9.64. The van der Waals surface area contributed by atoms with Crippen LogP contribution in [0, 0.1) is 41.5 Å². The van der Waals surface area contributed by atoms with Crippen molar-refractivity contribution in [2.24, 2.45) is 0 Å². The Morgan fingerprint density at radius 1 is 0.307 bits per heavy atom. The molecule has 0 fully saturated rings. The molecule has 16 aromatic rings. The Bertz CT molecular complexity index is 6920. The smallest absolute Gasteiger partial charge is 0.197 e. The molecule has 1 unspecified atom stereocenters. The van der Waals surface area contributed by atoms with Gasteiger partial charge in [-0.2, -0.15) is 0 Å². The number of allylic oxidation sites excluding steroid dienone is 2. The zero-order valence-electron chi connectivity index (χ0n) is 63.7. The second kappa shape index (κ2) is 24.9. The minimum Gasteiger partial charge on any atom is -0.309 e. The van der Waals surface area contributed by atoms with Crippen molar-refractivity contribution in [3.05, 3.63) is 436 Å². The molecule has 1 atom stereocenters. The van der Waals surface area contributed by atoms with Crippen LogP contribution in [0.3, 0.4) is 0 Å². The number of fused-ring (bicyclic) bond motifs is 22. The maximum absolute atomic E-state index is 14.8. The highest BCUT2D eigenvalue weighted by Gasteiger charge is 2.55. The molecule has 0 radical (unpaired) electrons. The van der Waals surface area contributed by atoms with Crippen LogP contribution in [0.25, 0.3) is 77.5 Å². The lowest BCUT2D eigenvalue weighted by molar-refractivity contribution is 0.0975. The van der Waals surface area contributed by atoms with Gasteiger partial charge in [0.05, 0.1) is 56.1 Å². The number of benzene rings is 15. The van der Waals surface area contributed by atoms with Crippen LogP contribution < -0.4 is 9.80 Å². The van der Waals surface area contributed by atoms with Gasteiger partial charge in [-0.25, -0.2) is 0 Å². The number of hydrogen-bond acceptors (Lipinski definition) is 7. The molecular weight excluding hydrogens is 1410 g/mol. The first-order valence-electron chi connectivity index (χ1n) is 39.2. The molecule has 0 bridgehead atoms. The lowest BCUT2D eigenvalue weighted by Crippen LogP contribution is -2.36. The number of anilines is 6. The third-order valence-corrected chi connectivity index (χ3v) is 26.2. The molecule has 540 valence electrons. The van der Waals surface area contributed by atoms with Gasteiger partial charge in [0.1, 0.15) is 0 Å². The Labute approximate surface area is 665 Å². The highest BCUT2D eigenvalue weighted by Crippen LogP contribution is 2.67. The van der Waals surface area contributed by atoms with Gasteiger partial charge < -0.3 is 9.80 Å². The quantitative estimate of drug-likeness (QED) is 0.111. The molecule has 0 N–H and O–H groups in total. The van der Waals surface area contributed by atoms with Gasteiger partial charge in [0.15, 0.2) is 23.1 Å². The molecule has 0 amide bonds. The summed E-state index contributed by atoms with van der Waals surface area (Å²) in [4.78, 5) is 65.2. The van der Waals surface area contributed by atoms with Crippen molar-refractivity contribution in [2.45, 2.75) is 58.8 Å². The van der Waals surface area contributed by atoms with E-state index < -0.39 is 10.8 Å². The summed E-state index contributed by atoms with van der Waals surface area (Å²) < 4.78 is 0. The van der Waals surface area contributed by atoms with Gasteiger partial charge in [-0.15, -0.1) is 11.3 Å². The van der Waals surface area contributed by atoms with Gasteiger partial charge in [0.25, 0.3) is 0 Å². The second-order valence-electron chi connectivity index (χ2n) is 31.9. The third-order valence-electron chi connectivity index (χ3n) is 25.3. The lowest BCUT2D eigenvalue weighted by Gasteiger charge is -2.46. The summed E-state index contributed by atoms with van der Waals surface area (Å²) in [7, 11) is 0. The minimum absolute atomic E-state index is 0.160. The Balaban J connectivity index is 0.729. The van der Waals surface area contributed by atoms with E-state index in [0.29, 0.717) is 28.7 Å². The second-order valence-corrected chi connectivity index (χ2v) is 32.9. The van der Waals surface area contributed by atoms with E-state index in [0.717, 1.165) is 156 Å². The van der Waals surface area contributed by atoms with Gasteiger partial charge in [-0.05, 0) is 294 Å². The van der Waals surface area contributed by atoms with Crippen molar-refractivity contribution >= 4 is 102 Å². The molecule has 2 aliphatic heterocycles. The van der Waals surface area contributed by atoms with Crippen molar-refractivity contribution in [1.82, 2.24) is 0 Å². The van der Waals surface area contributed by atoms with Gasteiger partial charge in [0, 0.05) is 27.1 Å². The highest BCUT2D eigenvalue weighted by molar-refractivity contribution is 7.13. The van der Waals surface area contributed by atoms with Crippen LogP contribution in [0.2, 0.25) is 0 Å². The van der Waals surface area contributed by atoms with E-state index in [1.165, 1.54) is 43.8 Å². The largest absolute Gasteiger partial charge is 0.309 e. The zero-order chi connectivity index (χ0) is 76.9. The highest BCUT2D eigenvalue weighted by atomic mass is 32.1. The molecule has 2 spiro atoms. The predicted octanol–water partition coefficient (Wildman–Crippen LogP) is 26.0. The summed E-state index contributed by atoms with van der Waals surface area (Å²) in [5.41, 5.74) is 34.4. The van der Waals surface area contributed by atoms with Crippen molar-refractivity contribution in [1.29, 1.82) is 0 Å². The van der Waals surface area contributed by atoms with Crippen LogP contribution in [0.4, 0.5) is 34.1 Å². The van der Waals surface area contributed by atoms with Gasteiger partial charge in [0.2, 0.25) is 0 Å². The standard InChI is InChI=1S/C107H72N2O4S/c1-60-32-36-69(37-33-60)74-38-42-96-92(58-74)106(86-27-14-11-24-77(86)78-25-12-15-28-87(78)106)90-52-66(50-84-102(110)80-54-70-19-7-8-20-71(70)55-81(80)103(84)111)34-40-94(90)109(96)101-64(5)47-68(48-65(101)6)49-76-23-17-30-89-99(76)79-26-13-16-29-88(79)107(89)91-53-67(51-85-104(112)82-56-72-21-9-10-22-73(72)57-83(82)105(85)113)35-41-95(91)108(100-62(3)45-61(2)46-63(100)4)97-43-39-75(59-93(97)107)98-31-18-44-114-98/h7-48,50-59H,49H2,1-6H3. The van der Waals surface area contributed by atoms with E-state index in [4.69, 9.17) is 0 Å². The van der Waals surface area contributed by atoms with Crippen LogP contribution in [0.15, 0.2) is 314 Å². The summed E-state index contributed by atoms with van der Waals surface area (Å²) in [6.07, 6.45) is 4.29. The van der Waals surface area contributed by atoms with E-state index >= 15 is 0 Å². The number of rotatable bonds is 8. The van der Waals surface area contributed by atoms with E-state index in [1.807, 2.05) is 84.9 Å². The SMILES string of the molecule is Cc1ccc(-c2ccc3c(c2)C2(c4ccccc4-c4ccccc42)c2cc(C=C4C(=O)c5cc6ccccc6cc5C4=O)ccc2N3c2c(C)cc(Cc3cccc4c3-c3ccccc3C43c4cc(C=C5C(=O)c6cc7ccccc7cc6C5=O)ccc4N(c4c(C)cc(C)cc4C)c4ccc(-c5cccs5)cc43)cc2C)cc1. The first-order chi connectivity index (χ1) is 55.6. The maximum atomic E-state index is 14.8. The van der Waals surface area contributed by atoms with E-state index in [1.54, 1.807) is 11.3 Å². The normalized spacial score (nSPS) is 15.4. The number of Topliss-reactive ketones (excluding diaryl/α,β-unsaturated/α-hetero) is 4. The Morgan fingerprint density at radius 3 is 1.18 bits per heavy atom. The average Bonchev–Trinajstić information content (AvgIpc) is 1.46. The molecule has 6 nitrogen and oxygen atoms in total. The zero-order valence-corrected chi connectivity index (χ0v) is 64.5. The van der Waals surface area contributed by atoms with Crippen LogP contribution in [-0.4, -0.2) is 23.1 Å². The summed E-state index contributed by atoms with van der Waals surface area (Å²) in [6.45, 7) is 13.3. The molecule has 0 saturated carbocycles. The molecule has 3 heterocycles. The number of nitrogens with zero attached hydrogens (tertiary/aromatic N) is 2. The third kappa shape index (κ3) is 9.54. The fraction of sp³-hybridized carbons (Fsp3) is 0.0841. The molecule has 4 aliphatic carbocycles. The Morgan fingerprint density at radius 2 is 0.702 bits per heavy atom. The number of aryl methyl sites for hydroxylation is 6. The van der Waals surface area contributed by atoms with Gasteiger partial charge >= 0.3 is 0 Å². The Kier molecular flexibility index (Phi) is 14.7. The molecule has 1 aromatic heterocycles. The first kappa shape index (κ1) is 67.2. The topological polar surface area (TPSA) is 74.8 Å². The molecular formula is C107H72N2O4S. The number of carbonyl (C=O) groups excluding carboxylic acids is 4. The molecule has 0 saturated heterocycles. The average molecular weight is 1480 g/mol. The number of hydrogen-bond donors (Lipinski definition) is 0. The van der Waals surface area contributed by atoms with E-state index in [2.05, 4.69) is 281 Å². The number of ketones is 4. The van der Waals surface area contributed by atoms with Gasteiger partial charge in [-0.3, -0.25) is 19.2 Å². The molecule has 6 aliphatic rings. The van der Waals surface area contributed by atoms with Crippen LogP contribution in [-0.2, 0) is 17.3 Å². The minimum atomic E-state index is -0.915. The van der Waals surface area contributed by atoms with Crippen LogP contribution in [0.5, 0.6) is 0 Å². The summed E-state index contributed by atoms with van der Waals surface area (Å²) in [5.74, 6) is -1.05. The number of thiophene rings is 1. The fourth-order valence-electron chi connectivity index (χ4n) is 20.7. The number of carbonyl (C=O) groups is 4. The Hall–Kier alpha value is -13.7. The molecule has 22 rings (SSSR count). The van der Waals surface area contributed by atoms with E-state index in [9.17, 15) is 19.2 Å². The predicted molar refractivity (Wildman–Crippen MR) is 465 cm³/mol.